The predicted molar refractivity (Wildman–Crippen MR) is 111 cm³/mol. The average Bonchev–Trinajstić information content (AvgIpc) is 3.07. The minimum atomic E-state index is -0.464. The molecule has 1 aromatic heterocycles. The molecule has 3 aromatic rings. The quantitative estimate of drug-likeness (QED) is 0.347. The first-order valence-electron chi connectivity index (χ1n) is 9.31. The van der Waals surface area contributed by atoms with Crippen molar-refractivity contribution < 1.29 is 28.2 Å². The zero-order valence-corrected chi connectivity index (χ0v) is 16.9. The third-order valence-corrected chi connectivity index (χ3v) is 4.22. The number of rotatable bonds is 8. The van der Waals surface area contributed by atoms with Gasteiger partial charge in [-0.3, -0.25) is 4.79 Å². The summed E-state index contributed by atoms with van der Waals surface area (Å²) in [5.74, 6) is 0.624. The summed E-state index contributed by atoms with van der Waals surface area (Å²) < 4.78 is 21.4. The first-order chi connectivity index (χ1) is 14.5. The van der Waals surface area contributed by atoms with Crippen LogP contribution in [0.3, 0.4) is 0 Å². The Morgan fingerprint density at radius 1 is 1.20 bits per heavy atom. The second-order valence-electron chi connectivity index (χ2n) is 6.24. The standard InChI is InChI=1S/C22H22N2O6/c1-4-28-22(26)21-14(2)30-19-10-9-16(11-17(19)21)29-13-20(25)24-23-12-15-7-5-6-8-18(15)27-3/h5-12H,4,13H2,1-3H3,(H,24,25)/b23-12-. The fourth-order valence-corrected chi connectivity index (χ4v) is 2.87. The zero-order chi connectivity index (χ0) is 21.5. The van der Waals surface area contributed by atoms with Crippen molar-refractivity contribution in [3.63, 3.8) is 0 Å². The van der Waals surface area contributed by atoms with E-state index in [9.17, 15) is 9.59 Å². The lowest BCUT2D eigenvalue weighted by Gasteiger charge is -2.06. The van der Waals surface area contributed by atoms with Crippen LogP contribution in [0, 0.1) is 6.92 Å². The first kappa shape index (κ1) is 20.9. The number of nitrogens with zero attached hydrogens (tertiary/aromatic N) is 1. The molecule has 0 atom stereocenters. The number of aryl methyl sites for hydroxylation is 1. The molecule has 0 saturated carbocycles. The summed E-state index contributed by atoms with van der Waals surface area (Å²) in [5.41, 5.74) is 4.01. The molecule has 0 unspecified atom stereocenters. The molecule has 8 heteroatoms. The van der Waals surface area contributed by atoms with E-state index in [-0.39, 0.29) is 13.2 Å². The molecule has 30 heavy (non-hydrogen) atoms. The molecule has 0 spiro atoms. The molecule has 1 N–H and O–H groups in total. The van der Waals surface area contributed by atoms with Crippen molar-refractivity contribution in [2.75, 3.05) is 20.3 Å². The van der Waals surface area contributed by atoms with Gasteiger partial charge in [0.2, 0.25) is 0 Å². The van der Waals surface area contributed by atoms with Crippen molar-refractivity contribution >= 4 is 29.1 Å². The van der Waals surface area contributed by atoms with Gasteiger partial charge >= 0.3 is 5.97 Å². The van der Waals surface area contributed by atoms with Crippen molar-refractivity contribution in [1.29, 1.82) is 0 Å². The number of methoxy groups -OCH3 is 1. The lowest BCUT2D eigenvalue weighted by atomic mass is 10.1. The van der Waals surface area contributed by atoms with E-state index >= 15 is 0 Å². The number of carbonyl (C=O) groups excluding carboxylic acids is 2. The molecule has 0 fully saturated rings. The molecule has 1 heterocycles. The maximum absolute atomic E-state index is 12.2. The van der Waals surface area contributed by atoms with Gasteiger partial charge in [0.05, 0.1) is 19.9 Å². The Labute approximate surface area is 173 Å². The molecule has 0 radical (unpaired) electrons. The smallest absolute Gasteiger partial charge is 0.342 e. The maximum atomic E-state index is 12.2. The van der Waals surface area contributed by atoms with Crippen molar-refractivity contribution in [1.82, 2.24) is 5.43 Å². The number of benzene rings is 2. The van der Waals surface area contributed by atoms with Crippen molar-refractivity contribution in [2.24, 2.45) is 5.10 Å². The molecule has 2 aromatic carbocycles. The number of hydrazone groups is 1. The maximum Gasteiger partial charge on any atom is 0.342 e. The van der Waals surface area contributed by atoms with Crippen LogP contribution in [0.4, 0.5) is 0 Å². The fraction of sp³-hybridized carbons (Fsp3) is 0.227. The normalized spacial score (nSPS) is 10.9. The Bertz CT molecular complexity index is 1090. The highest BCUT2D eigenvalue weighted by atomic mass is 16.5. The Morgan fingerprint density at radius 2 is 2.00 bits per heavy atom. The minimum absolute atomic E-state index is 0.250. The van der Waals surface area contributed by atoms with E-state index in [1.165, 1.54) is 6.21 Å². The van der Waals surface area contributed by atoms with E-state index in [2.05, 4.69) is 10.5 Å². The number of amides is 1. The zero-order valence-electron chi connectivity index (χ0n) is 16.9. The summed E-state index contributed by atoms with van der Waals surface area (Å²) in [6.45, 7) is 3.44. The highest BCUT2D eigenvalue weighted by molar-refractivity contribution is 6.04. The SMILES string of the molecule is CCOC(=O)c1c(C)oc2ccc(OCC(=O)N/N=C\c3ccccc3OC)cc12. The van der Waals surface area contributed by atoms with Gasteiger partial charge in [0, 0.05) is 10.9 Å². The largest absolute Gasteiger partial charge is 0.496 e. The number of hydrogen-bond donors (Lipinski definition) is 1. The molecular formula is C22H22N2O6. The average molecular weight is 410 g/mol. The summed E-state index contributed by atoms with van der Waals surface area (Å²) in [4.78, 5) is 24.2. The number of ether oxygens (including phenoxy) is 3. The van der Waals surface area contributed by atoms with E-state index < -0.39 is 11.9 Å². The molecule has 0 aliphatic heterocycles. The van der Waals surface area contributed by atoms with Gasteiger partial charge in [-0.15, -0.1) is 0 Å². The monoisotopic (exact) mass is 410 g/mol. The van der Waals surface area contributed by atoms with E-state index in [1.807, 2.05) is 18.2 Å². The molecule has 156 valence electrons. The minimum Gasteiger partial charge on any atom is -0.496 e. The topological polar surface area (TPSA) is 99.4 Å². The molecule has 0 aliphatic carbocycles. The van der Waals surface area contributed by atoms with E-state index in [4.69, 9.17) is 18.6 Å². The number of nitrogens with one attached hydrogen (secondary N) is 1. The van der Waals surface area contributed by atoms with Crippen molar-refractivity contribution in [2.45, 2.75) is 13.8 Å². The lowest BCUT2D eigenvalue weighted by molar-refractivity contribution is -0.123. The van der Waals surface area contributed by atoms with Gasteiger partial charge < -0.3 is 18.6 Å². The number of esters is 1. The molecule has 0 bridgehead atoms. The highest BCUT2D eigenvalue weighted by Crippen LogP contribution is 2.29. The third-order valence-electron chi connectivity index (χ3n) is 4.22. The summed E-state index contributed by atoms with van der Waals surface area (Å²) in [7, 11) is 1.56. The van der Waals surface area contributed by atoms with Crippen molar-refractivity contribution in [3.8, 4) is 11.5 Å². The Hall–Kier alpha value is -3.81. The fourth-order valence-electron chi connectivity index (χ4n) is 2.87. The summed E-state index contributed by atoms with van der Waals surface area (Å²) >= 11 is 0. The first-order valence-corrected chi connectivity index (χ1v) is 9.31. The molecule has 3 rings (SSSR count). The van der Waals surface area contributed by atoms with Gasteiger partial charge in [0.15, 0.2) is 6.61 Å². The van der Waals surface area contributed by atoms with Crippen LogP contribution in [0.1, 0.15) is 28.6 Å². The second kappa shape index (κ2) is 9.60. The van der Waals surface area contributed by atoms with Gasteiger partial charge in [0.1, 0.15) is 28.4 Å². The number of para-hydroxylation sites is 1. The summed E-state index contributed by atoms with van der Waals surface area (Å²) in [6, 6.07) is 12.3. The van der Waals surface area contributed by atoms with Crippen LogP contribution in [-0.2, 0) is 9.53 Å². The second-order valence-corrected chi connectivity index (χ2v) is 6.24. The van der Waals surface area contributed by atoms with Gasteiger partial charge in [-0.05, 0) is 44.2 Å². The Kier molecular flexibility index (Phi) is 6.69. The van der Waals surface area contributed by atoms with Crippen LogP contribution in [0.5, 0.6) is 11.5 Å². The molecule has 0 aliphatic rings. The third kappa shape index (κ3) is 4.78. The Morgan fingerprint density at radius 3 is 2.77 bits per heavy atom. The van der Waals surface area contributed by atoms with Crippen LogP contribution in [0.15, 0.2) is 52.0 Å². The van der Waals surface area contributed by atoms with Crippen LogP contribution >= 0.6 is 0 Å². The molecule has 1 amide bonds. The van der Waals surface area contributed by atoms with E-state index in [0.29, 0.717) is 33.8 Å². The van der Waals surface area contributed by atoms with Crippen LogP contribution in [0.2, 0.25) is 0 Å². The predicted octanol–water partition coefficient (Wildman–Crippen LogP) is 3.46. The van der Waals surface area contributed by atoms with Crippen LogP contribution in [0.25, 0.3) is 11.0 Å². The Balaban J connectivity index is 1.64. The van der Waals surface area contributed by atoms with Gasteiger partial charge in [-0.2, -0.15) is 5.10 Å². The molecular weight excluding hydrogens is 388 g/mol. The summed E-state index contributed by atoms with van der Waals surface area (Å²) in [6.07, 6.45) is 1.49. The highest BCUT2D eigenvalue weighted by Gasteiger charge is 2.20. The molecule has 0 saturated heterocycles. The summed E-state index contributed by atoms with van der Waals surface area (Å²) in [5, 5.41) is 4.48. The van der Waals surface area contributed by atoms with Gasteiger partial charge in [0.25, 0.3) is 5.91 Å². The number of carbonyl (C=O) groups is 2. The van der Waals surface area contributed by atoms with Crippen molar-refractivity contribution in [3.05, 3.63) is 59.4 Å². The number of furan rings is 1. The van der Waals surface area contributed by atoms with E-state index in [1.54, 1.807) is 45.2 Å². The lowest BCUT2D eigenvalue weighted by Crippen LogP contribution is -2.24. The van der Waals surface area contributed by atoms with E-state index in [0.717, 1.165) is 5.56 Å². The number of fused-ring (bicyclic) bond motifs is 1. The molecule has 8 nitrogen and oxygen atoms in total. The van der Waals surface area contributed by atoms with Gasteiger partial charge in [-0.25, -0.2) is 10.2 Å². The van der Waals surface area contributed by atoms with Crippen LogP contribution in [-0.4, -0.2) is 38.4 Å². The van der Waals surface area contributed by atoms with Crippen LogP contribution < -0.4 is 14.9 Å². The number of hydrogen-bond acceptors (Lipinski definition) is 7. The van der Waals surface area contributed by atoms with Gasteiger partial charge in [-0.1, -0.05) is 12.1 Å².